The standard InChI is InChI=1S/C14H16N2/c1-16-13-7-8-14(15)12(10-13)9-11-5-3-2-4-6-11/h2-8,10,16H,9,15H2,1H3. The molecule has 0 fully saturated rings. The maximum atomic E-state index is 5.96. The van der Waals surface area contributed by atoms with Gasteiger partial charge in [0.2, 0.25) is 0 Å². The fourth-order valence-corrected chi connectivity index (χ4v) is 1.73. The van der Waals surface area contributed by atoms with E-state index in [1.54, 1.807) is 0 Å². The van der Waals surface area contributed by atoms with Crippen LogP contribution in [0, 0.1) is 0 Å². The minimum atomic E-state index is 0.850. The second-order valence-corrected chi connectivity index (χ2v) is 3.83. The van der Waals surface area contributed by atoms with Crippen molar-refractivity contribution in [3.05, 3.63) is 59.7 Å². The van der Waals surface area contributed by atoms with Crippen LogP contribution in [0.2, 0.25) is 0 Å². The molecule has 0 aromatic heterocycles. The summed E-state index contributed by atoms with van der Waals surface area (Å²) in [5.41, 5.74) is 10.4. The Labute approximate surface area is 96.1 Å². The molecule has 16 heavy (non-hydrogen) atoms. The Balaban J connectivity index is 2.27. The third kappa shape index (κ3) is 2.34. The third-order valence-corrected chi connectivity index (χ3v) is 2.67. The fourth-order valence-electron chi connectivity index (χ4n) is 1.73. The Kier molecular flexibility index (Phi) is 3.10. The first-order valence-electron chi connectivity index (χ1n) is 5.39. The van der Waals surface area contributed by atoms with Crippen molar-refractivity contribution in [3.8, 4) is 0 Å². The van der Waals surface area contributed by atoms with Gasteiger partial charge in [-0.1, -0.05) is 30.3 Å². The molecule has 2 aromatic carbocycles. The van der Waals surface area contributed by atoms with Crippen LogP contribution in [-0.2, 0) is 6.42 Å². The molecule has 2 heteroatoms. The minimum absolute atomic E-state index is 0.850. The minimum Gasteiger partial charge on any atom is -0.398 e. The van der Waals surface area contributed by atoms with Gasteiger partial charge in [0.25, 0.3) is 0 Å². The van der Waals surface area contributed by atoms with Gasteiger partial charge in [-0.3, -0.25) is 0 Å². The molecule has 2 aromatic rings. The van der Waals surface area contributed by atoms with Crippen LogP contribution in [0.4, 0.5) is 11.4 Å². The van der Waals surface area contributed by atoms with Gasteiger partial charge in [-0.05, 0) is 35.7 Å². The van der Waals surface area contributed by atoms with Crippen molar-refractivity contribution in [2.75, 3.05) is 18.1 Å². The van der Waals surface area contributed by atoms with Crippen LogP contribution in [-0.4, -0.2) is 7.05 Å². The van der Waals surface area contributed by atoms with E-state index in [0.29, 0.717) is 0 Å². The normalized spacial score (nSPS) is 10.1. The van der Waals surface area contributed by atoms with E-state index < -0.39 is 0 Å². The average Bonchev–Trinajstić information content (AvgIpc) is 2.33. The van der Waals surface area contributed by atoms with Crippen molar-refractivity contribution in [2.24, 2.45) is 0 Å². The maximum absolute atomic E-state index is 5.96. The Bertz CT molecular complexity index is 463. The molecule has 2 rings (SSSR count). The second-order valence-electron chi connectivity index (χ2n) is 3.83. The zero-order chi connectivity index (χ0) is 11.4. The second kappa shape index (κ2) is 4.71. The highest BCUT2D eigenvalue weighted by atomic mass is 14.8. The highest BCUT2D eigenvalue weighted by Gasteiger charge is 2.01. The van der Waals surface area contributed by atoms with Crippen LogP contribution in [0.1, 0.15) is 11.1 Å². The first kappa shape index (κ1) is 10.6. The first-order chi connectivity index (χ1) is 7.79. The summed E-state index contributed by atoms with van der Waals surface area (Å²) in [5, 5.41) is 3.12. The fraction of sp³-hybridized carbons (Fsp3) is 0.143. The van der Waals surface area contributed by atoms with Gasteiger partial charge in [-0.2, -0.15) is 0 Å². The van der Waals surface area contributed by atoms with Crippen molar-refractivity contribution in [1.29, 1.82) is 0 Å². The predicted molar refractivity (Wildman–Crippen MR) is 69.6 cm³/mol. The average molecular weight is 212 g/mol. The lowest BCUT2D eigenvalue weighted by molar-refractivity contribution is 1.20. The molecule has 0 aliphatic heterocycles. The van der Waals surface area contributed by atoms with Crippen molar-refractivity contribution in [1.82, 2.24) is 0 Å². The summed E-state index contributed by atoms with van der Waals surface area (Å²) in [7, 11) is 1.91. The number of hydrogen-bond acceptors (Lipinski definition) is 2. The maximum Gasteiger partial charge on any atom is 0.0351 e. The van der Waals surface area contributed by atoms with E-state index in [0.717, 1.165) is 23.4 Å². The van der Waals surface area contributed by atoms with Crippen LogP contribution in [0.15, 0.2) is 48.5 Å². The summed E-state index contributed by atoms with van der Waals surface area (Å²) < 4.78 is 0. The monoisotopic (exact) mass is 212 g/mol. The smallest absolute Gasteiger partial charge is 0.0351 e. The zero-order valence-electron chi connectivity index (χ0n) is 9.40. The molecule has 0 atom stereocenters. The summed E-state index contributed by atoms with van der Waals surface area (Å²) in [4.78, 5) is 0. The lowest BCUT2D eigenvalue weighted by Crippen LogP contribution is -1.98. The third-order valence-electron chi connectivity index (χ3n) is 2.67. The van der Waals surface area contributed by atoms with Gasteiger partial charge in [-0.15, -0.1) is 0 Å². The number of hydrogen-bond donors (Lipinski definition) is 2. The predicted octanol–water partition coefficient (Wildman–Crippen LogP) is 2.90. The Morgan fingerprint density at radius 3 is 2.50 bits per heavy atom. The number of benzene rings is 2. The number of nitrogens with two attached hydrogens (primary N) is 1. The van der Waals surface area contributed by atoms with Crippen LogP contribution in [0.5, 0.6) is 0 Å². The summed E-state index contributed by atoms with van der Waals surface area (Å²) in [6, 6.07) is 16.4. The molecule has 3 N–H and O–H groups in total. The highest BCUT2D eigenvalue weighted by molar-refractivity contribution is 5.58. The van der Waals surface area contributed by atoms with Crippen molar-refractivity contribution in [2.45, 2.75) is 6.42 Å². The first-order valence-corrected chi connectivity index (χ1v) is 5.39. The summed E-state index contributed by atoms with van der Waals surface area (Å²) in [6.07, 6.45) is 0.877. The van der Waals surface area contributed by atoms with Gasteiger partial charge in [0.05, 0.1) is 0 Å². The van der Waals surface area contributed by atoms with Gasteiger partial charge in [0.15, 0.2) is 0 Å². The Morgan fingerprint density at radius 2 is 1.81 bits per heavy atom. The molecule has 0 saturated carbocycles. The molecular weight excluding hydrogens is 196 g/mol. The van der Waals surface area contributed by atoms with Gasteiger partial charge in [-0.25, -0.2) is 0 Å². The molecule has 0 aliphatic rings. The molecular formula is C14H16N2. The topological polar surface area (TPSA) is 38.0 Å². The lowest BCUT2D eigenvalue weighted by atomic mass is 10.0. The molecule has 0 aliphatic carbocycles. The summed E-state index contributed by atoms with van der Waals surface area (Å²) in [6.45, 7) is 0. The van der Waals surface area contributed by atoms with Crippen LogP contribution in [0.3, 0.4) is 0 Å². The van der Waals surface area contributed by atoms with Crippen LogP contribution < -0.4 is 11.1 Å². The molecule has 0 heterocycles. The SMILES string of the molecule is CNc1ccc(N)c(Cc2ccccc2)c1. The molecule has 0 unspecified atom stereocenters. The molecule has 0 amide bonds. The molecule has 2 nitrogen and oxygen atoms in total. The van der Waals surface area contributed by atoms with Crippen molar-refractivity contribution in [3.63, 3.8) is 0 Å². The number of anilines is 2. The molecule has 0 saturated heterocycles. The van der Waals surface area contributed by atoms with Crippen molar-refractivity contribution < 1.29 is 0 Å². The van der Waals surface area contributed by atoms with Crippen molar-refractivity contribution >= 4 is 11.4 Å². The Morgan fingerprint density at radius 1 is 1.06 bits per heavy atom. The Hall–Kier alpha value is -1.96. The van der Waals surface area contributed by atoms with E-state index in [2.05, 4.69) is 23.5 Å². The molecule has 0 radical (unpaired) electrons. The largest absolute Gasteiger partial charge is 0.398 e. The molecule has 82 valence electrons. The van der Waals surface area contributed by atoms with Crippen LogP contribution >= 0.6 is 0 Å². The van der Waals surface area contributed by atoms with Gasteiger partial charge in [0, 0.05) is 18.4 Å². The zero-order valence-corrected chi connectivity index (χ0v) is 9.40. The highest BCUT2D eigenvalue weighted by Crippen LogP contribution is 2.20. The lowest BCUT2D eigenvalue weighted by Gasteiger charge is -2.08. The van der Waals surface area contributed by atoms with E-state index >= 15 is 0 Å². The summed E-state index contributed by atoms with van der Waals surface area (Å²) >= 11 is 0. The number of nitrogen functional groups attached to an aromatic ring is 1. The number of rotatable bonds is 3. The molecule has 0 spiro atoms. The van der Waals surface area contributed by atoms with Crippen LogP contribution in [0.25, 0.3) is 0 Å². The van der Waals surface area contributed by atoms with E-state index in [1.807, 2.05) is 37.4 Å². The van der Waals surface area contributed by atoms with Gasteiger partial charge >= 0.3 is 0 Å². The number of nitrogens with one attached hydrogen (secondary N) is 1. The van der Waals surface area contributed by atoms with E-state index in [1.165, 1.54) is 5.56 Å². The quantitative estimate of drug-likeness (QED) is 0.768. The van der Waals surface area contributed by atoms with E-state index in [-0.39, 0.29) is 0 Å². The van der Waals surface area contributed by atoms with Gasteiger partial charge in [0.1, 0.15) is 0 Å². The van der Waals surface area contributed by atoms with Gasteiger partial charge < -0.3 is 11.1 Å². The van der Waals surface area contributed by atoms with E-state index in [9.17, 15) is 0 Å². The molecule has 0 bridgehead atoms. The summed E-state index contributed by atoms with van der Waals surface area (Å²) in [5.74, 6) is 0. The van der Waals surface area contributed by atoms with E-state index in [4.69, 9.17) is 5.73 Å².